The highest BCUT2D eigenvalue weighted by Crippen LogP contribution is 2.30. The summed E-state index contributed by atoms with van der Waals surface area (Å²) in [4.78, 5) is 18.8. The molecule has 0 aliphatic carbocycles. The molecular formula is C11H14N6O2. The minimum atomic E-state index is -0.523. The molecule has 0 aromatic carbocycles. The van der Waals surface area contributed by atoms with Crippen molar-refractivity contribution in [1.29, 1.82) is 0 Å². The summed E-state index contributed by atoms with van der Waals surface area (Å²) in [5.41, 5.74) is 7.36. The molecule has 2 N–H and O–H groups in total. The Hall–Kier alpha value is -2.51. The third kappa shape index (κ3) is 2.12. The molecule has 1 unspecified atom stereocenters. The number of nitro groups is 1. The van der Waals surface area contributed by atoms with E-state index in [9.17, 15) is 10.1 Å². The maximum Gasteiger partial charge on any atom is 0.333 e. The van der Waals surface area contributed by atoms with Crippen LogP contribution in [0.3, 0.4) is 0 Å². The van der Waals surface area contributed by atoms with Crippen molar-refractivity contribution in [2.24, 2.45) is 0 Å². The molecule has 19 heavy (non-hydrogen) atoms. The molecule has 0 saturated heterocycles. The van der Waals surface area contributed by atoms with E-state index in [0.29, 0.717) is 5.69 Å². The zero-order valence-electron chi connectivity index (χ0n) is 10.9. The highest BCUT2D eigenvalue weighted by molar-refractivity contribution is 5.56. The highest BCUT2D eigenvalue weighted by Gasteiger charge is 2.26. The average molecular weight is 262 g/mol. The van der Waals surface area contributed by atoms with E-state index >= 15 is 0 Å². The quantitative estimate of drug-likeness (QED) is 0.660. The second-order valence-corrected chi connectivity index (χ2v) is 4.22. The third-order valence-corrected chi connectivity index (χ3v) is 2.95. The Bertz CT molecular complexity index is 636. The van der Waals surface area contributed by atoms with Crippen molar-refractivity contribution in [1.82, 2.24) is 19.7 Å². The topological polar surface area (TPSA) is 113 Å². The van der Waals surface area contributed by atoms with Crippen molar-refractivity contribution in [2.45, 2.75) is 26.8 Å². The summed E-state index contributed by atoms with van der Waals surface area (Å²) in [6.45, 7) is 5.20. The van der Waals surface area contributed by atoms with Crippen LogP contribution in [0.25, 0.3) is 0 Å². The second-order valence-electron chi connectivity index (χ2n) is 4.22. The smallest absolute Gasteiger partial charge is 0.333 e. The number of anilines is 1. The molecule has 0 aliphatic heterocycles. The van der Waals surface area contributed by atoms with Crippen LogP contribution in [0.5, 0.6) is 0 Å². The van der Waals surface area contributed by atoms with Gasteiger partial charge in [-0.25, -0.2) is 4.68 Å². The summed E-state index contributed by atoms with van der Waals surface area (Å²) in [6, 6.07) is -0.318. The molecule has 8 nitrogen and oxygen atoms in total. The summed E-state index contributed by atoms with van der Waals surface area (Å²) in [5.74, 6) is 0.0278. The maximum atomic E-state index is 10.9. The van der Waals surface area contributed by atoms with Gasteiger partial charge in [-0.05, 0) is 20.8 Å². The Kier molecular flexibility index (Phi) is 3.16. The zero-order chi connectivity index (χ0) is 14.2. The number of aromatic nitrogens is 4. The molecule has 2 aromatic heterocycles. The largest absolute Gasteiger partial charge is 0.378 e. The van der Waals surface area contributed by atoms with Crippen LogP contribution in [0.4, 0.5) is 11.5 Å². The van der Waals surface area contributed by atoms with Crippen LogP contribution in [0, 0.1) is 24.0 Å². The van der Waals surface area contributed by atoms with Crippen molar-refractivity contribution in [3.8, 4) is 0 Å². The van der Waals surface area contributed by atoms with Gasteiger partial charge in [0.15, 0.2) is 0 Å². The third-order valence-electron chi connectivity index (χ3n) is 2.95. The highest BCUT2D eigenvalue weighted by atomic mass is 16.6. The summed E-state index contributed by atoms with van der Waals surface area (Å²) < 4.78 is 1.41. The molecule has 2 rings (SSSR count). The number of rotatable bonds is 3. The van der Waals surface area contributed by atoms with Crippen LogP contribution in [-0.2, 0) is 0 Å². The van der Waals surface area contributed by atoms with Gasteiger partial charge >= 0.3 is 5.69 Å². The minimum absolute atomic E-state index is 0.0278. The predicted molar refractivity (Wildman–Crippen MR) is 68.6 cm³/mol. The fraction of sp³-hybridized carbons (Fsp3) is 0.364. The Labute approximate surface area is 109 Å². The fourth-order valence-electron chi connectivity index (χ4n) is 2.02. The maximum absolute atomic E-state index is 10.9. The molecule has 0 fully saturated rings. The summed E-state index contributed by atoms with van der Waals surface area (Å²) in [7, 11) is 0. The molecule has 0 spiro atoms. The number of nitrogens with two attached hydrogens (primary N) is 1. The van der Waals surface area contributed by atoms with E-state index in [1.54, 1.807) is 19.3 Å². The van der Waals surface area contributed by atoms with Crippen molar-refractivity contribution in [3.63, 3.8) is 0 Å². The summed E-state index contributed by atoms with van der Waals surface area (Å²) in [5, 5.41) is 15.1. The number of aryl methyl sites for hydroxylation is 2. The van der Waals surface area contributed by atoms with Crippen molar-refractivity contribution >= 4 is 11.5 Å². The molecule has 2 aromatic rings. The van der Waals surface area contributed by atoms with E-state index in [0.717, 1.165) is 5.69 Å². The van der Waals surface area contributed by atoms with Crippen LogP contribution in [0.2, 0.25) is 0 Å². The van der Waals surface area contributed by atoms with Gasteiger partial charge in [0, 0.05) is 12.4 Å². The van der Waals surface area contributed by atoms with Gasteiger partial charge in [0.2, 0.25) is 5.82 Å². The zero-order valence-corrected chi connectivity index (χ0v) is 10.9. The van der Waals surface area contributed by atoms with Crippen molar-refractivity contribution < 1.29 is 4.92 Å². The van der Waals surface area contributed by atoms with Gasteiger partial charge in [-0.15, -0.1) is 0 Å². The van der Waals surface area contributed by atoms with Crippen molar-refractivity contribution in [2.75, 3.05) is 5.73 Å². The van der Waals surface area contributed by atoms with Gasteiger partial charge in [-0.1, -0.05) is 0 Å². The van der Waals surface area contributed by atoms with Crippen LogP contribution in [-0.4, -0.2) is 24.7 Å². The Morgan fingerprint density at radius 3 is 2.47 bits per heavy atom. The van der Waals surface area contributed by atoms with Gasteiger partial charge in [-0.2, -0.15) is 5.10 Å². The van der Waals surface area contributed by atoms with E-state index in [4.69, 9.17) is 5.73 Å². The van der Waals surface area contributed by atoms with Gasteiger partial charge in [0.1, 0.15) is 5.69 Å². The van der Waals surface area contributed by atoms with Gasteiger partial charge in [0.25, 0.3) is 0 Å². The van der Waals surface area contributed by atoms with Gasteiger partial charge in [-0.3, -0.25) is 20.1 Å². The van der Waals surface area contributed by atoms with E-state index in [1.165, 1.54) is 4.68 Å². The fourth-order valence-corrected chi connectivity index (χ4v) is 2.02. The summed E-state index contributed by atoms with van der Waals surface area (Å²) >= 11 is 0. The number of hydrogen-bond donors (Lipinski definition) is 1. The standard InChI is InChI=1S/C11H14N6O2/c1-6-9(14-5-4-13-6)8(3)16-11(12)10(17(18)19)7(2)15-16/h4-5,8H,12H2,1-3H3. The lowest BCUT2D eigenvalue weighted by molar-refractivity contribution is -0.384. The van der Waals surface area contributed by atoms with Crippen molar-refractivity contribution in [3.05, 3.63) is 39.6 Å². The molecule has 2 heterocycles. The number of nitrogens with zero attached hydrogens (tertiary/aromatic N) is 5. The second kappa shape index (κ2) is 4.63. The average Bonchev–Trinajstić information content (AvgIpc) is 2.64. The first kappa shape index (κ1) is 12.9. The number of nitrogen functional groups attached to an aromatic ring is 1. The first-order valence-corrected chi connectivity index (χ1v) is 5.70. The molecule has 1 atom stereocenters. The normalized spacial score (nSPS) is 12.4. The van der Waals surface area contributed by atoms with E-state index < -0.39 is 4.92 Å². The van der Waals surface area contributed by atoms with Gasteiger partial charge in [0.05, 0.1) is 22.4 Å². The minimum Gasteiger partial charge on any atom is -0.378 e. The predicted octanol–water partition coefficient (Wildman–Crippen LogP) is 1.39. The SMILES string of the molecule is Cc1nccnc1C(C)n1nc(C)c([N+](=O)[O-])c1N. The first-order valence-electron chi connectivity index (χ1n) is 5.70. The van der Waals surface area contributed by atoms with E-state index in [1.807, 2.05) is 13.8 Å². The molecule has 0 aliphatic rings. The Morgan fingerprint density at radius 2 is 1.95 bits per heavy atom. The van der Waals surface area contributed by atoms with Crippen LogP contribution in [0.1, 0.15) is 30.0 Å². The van der Waals surface area contributed by atoms with E-state index in [-0.39, 0.29) is 23.2 Å². The van der Waals surface area contributed by atoms with Gasteiger partial charge < -0.3 is 5.73 Å². The van der Waals surface area contributed by atoms with Crippen LogP contribution in [0.15, 0.2) is 12.4 Å². The van der Waals surface area contributed by atoms with Crippen LogP contribution >= 0.6 is 0 Å². The molecule has 0 radical (unpaired) electrons. The molecule has 0 saturated carbocycles. The molecule has 100 valence electrons. The lowest BCUT2D eigenvalue weighted by Crippen LogP contribution is -2.15. The number of hydrogen-bond acceptors (Lipinski definition) is 6. The Morgan fingerprint density at radius 1 is 1.32 bits per heavy atom. The Balaban J connectivity index is 2.52. The lowest BCUT2D eigenvalue weighted by Gasteiger charge is -2.14. The molecule has 0 amide bonds. The van der Waals surface area contributed by atoms with Crippen LogP contribution < -0.4 is 5.73 Å². The lowest BCUT2D eigenvalue weighted by atomic mass is 10.2. The summed E-state index contributed by atoms with van der Waals surface area (Å²) in [6.07, 6.45) is 3.16. The molecule has 8 heteroatoms. The molecular weight excluding hydrogens is 248 g/mol. The van der Waals surface area contributed by atoms with E-state index in [2.05, 4.69) is 15.1 Å². The first-order chi connectivity index (χ1) is 8.93. The molecule has 0 bridgehead atoms. The monoisotopic (exact) mass is 262 g/mol.